The maximum absolute atomic E-state index is 12.3. The number of ether oxygens (including phenoxy) is 2. The fraction of sp³-hybridized carbons (Fsp3) is 0.0870. The second-order valence-corrected chi connectivity index (χ2v) is 8.43. The Balaban J connectivity index is 1.64. The smallest absolute Gasteiger partial charge is 0.271 e. The zero-order chi connectivity index (χ0) is 25.4. The van der Waals surface area contributed by atoms with Gasteiger partial charge in [-0.1, -0.05) is 29.8 Å². The second kappa shape index (κ2) is 12.1. The van der Waals surface area contributed by atoms with Crippen molar-refractivity contribution >= 4 is 63.6 Å². The number of nitro groups is 1. The Bertz CT molecular complexity index is 1300. The quantitative estimate of drug-likeness (QED) is 0.157. The highest BCUT2D eigenvalue weighted by Crippen LogP contribution is 2.33. The average molecular weight is 609 g/mol. The number of nitrogens with one attached hydrogen (secondary N) is 2. The molecule has 3 rings (SSSR count). The number of non-ortho nitro benzene ring substituents is 1. The molecule has 0 saturated heterocycles. The number of amides is 2. The molecule has 0 saturated carbocycles. The Hall–Kier alpha value is -3.71. The van der Waals surface area contributed by atoms with E-state index in [0.29, 0.717) is 31.3 Å². The van der Waals surface area contributed by atoms with Crippen molar-refractivity contribution in [3.63, 3.8) is 0 Å². The molecule has 0 fully saturated rings. The molecular formula is C23H18ClIN4O6. The lowest BCUT2D eigenvalue weighted by Crippen LogP contribution is -2.21. The molecule has 3 aromatic rings. The lowest BCUT2D eigenvalue weighted by atomic mass is 10.2. The van der Waals surface area contributed by atoms with Gasteiger partial charge in [-0.2, -0.15) is 5.10 Å². The second-order valence-electron chi connectivity index (χ2n) is 6.86. The van der Waals surface area contributed by atoms with Crippen molar-refractivity contribution in [1.29, 1.82) is 0 Å². The van der Waals surface area contributed by atoms with Crippen LogP contribution in [0.2, 0.25) is 5.02 Å². The maximum atomic E-state index is 12.3. The number of benzene rings is 3. The molecule has 0 aliphatic carbocycles. The van der Waals surface area contributed by atoms with Crippen molar-refractivity contribution in [2.24, 2.45) is 5.10 Å². The van der Waals surface area contributed by atoms with Crippen molar-refractivity contribution < 1.29 is 24.0 Å². The van der Waals surface area contributed by atoms with Gasteiger partial charge in [0.15, 0.2) is 18.1 Å². The van der Waals surface area contributed by atoms with E-state index in [0.717, 1.165) is 6.07 Å². The summed E-state index contributed by atoms with van der Waals surface area (Å²) in [6, 6.07) is 15.5. The molecule has 2 amide bonds. The first-order chi connectivity index (χ1) is 16.8. The minimum atomic E-state index is -0.601. The van der Waals surface area contributed by atoms with Crippen molar-refractivity contribution in [3.8, 4) is 11.5 Å². The van der Waals surface area contributed by atoms with E-state index in [4.69, 9.17) is 21.1 Å². The molecule has 0 spiro atoms. The number of anilines is 1. The van der Waals surface area contributed by atoms with Crippen LogP contribution in [0.5, 0.6) is 11.5 Å². The van der Waals surface area contributed by atoms with Crippen LogP contribution in [0.3, 0.4) is 0 Å². The Kier molecular flexibility index (Phi) is 8.98. The molecule has 0 heterocycles. The summed E-state index contributed by atoms with van der Waals surface area (Å²) in [4.78, 5) is 34.8. The van der Waals surface area contributed by atoms with E-state index in [1.54, 1.807) is 36.4 Å². The van der Waals surface area contributed by atoms with Gasteiger partial charge in [0.05, 0.1) is 32.5 Å². The van der Waals surface area contributed by atoms with Crippen LogP contribution in [-0.2, 0) is 4.79 Å². The molecule has 0 aliphatic heterocycles. The predicted octanol–water partition coefficient (Wildman–Crippen LogP) is 4.64. The third kappa shape index (κ3) is 7.13. The molecule has 12 heteroatoms. The van der Waals surface area contributed by atoms with Crippen LogP contribution in [-0.4, -0.2) is 36.7 Å². The number of rotatable bonds is 9. The van der Waals surface area contributed by atoms with Gasteiger partial charge in [-0.3, -0.25) is 19.7 Å². The molecule has 0 radical (unpaired) electrons. The normalized spacial score (nSPS) is 10.6. The largest absolute Gasteiger partial charge is 0.493 e. The lowest BCUT2D eigenvalue weighted by molar-refractivity contribution is -0.384. The average Bonchev–Trinajstić information content (AvgIpc) is 2.84. The Morgan fingerprint density at radius 3 is 2.66 bits per heavy atom. The van der Waals surface area contributed by atoms with E-state index >= 15 is 0 Å². The number of nitro benzene ring substituents is 1. The first-order valence-electron chi connectivity index (χ1n) is 9.91. The molecule has 0 atom stereocenters. The van der Waals surface area contributed by atoms with Gasteiger partial charge in [-0.05, 0) is 58.5 Å². The van der Waals surface area contributed by atoms with Gasteiger partial charge >= 0.3 is 0 Å². The molecule has 3 aromatic carbocycles. The molecule has 0 unspecified atom stereocenters. The van der Waals surface area contributed by atoms with Gasteiger partial charge in [0.2, 0.25) is 0 Å². The summed E-state index contributed by atoms with van der Waals surface area (Å²) in [6.45, 7) is -0.274. The highest BCUT2D eigenvalue weighted by Gasteiger charge is 2.14. The predicted molar refractivity (Wildman–Crippen MR) is 139 cm³/mol. The van der Waals surface area contributed by atoms with E-state index in [1.807, 2.05) is 22.6 Å². The number of para-hydroxylation sites is 1. The fourth-order valence-corrected chi connectivity index (χ4v) is 3.80. The van der Waals surface area contributed by atoms with E-state index < -0.39 is 16.7 Å². The van der Waals surface area contributed by atoms with E-state index in [1.165, 1.54) is 31.5 Å². The number of methoxy groups -OCH3 is 1. The number of hydrogen-bond acceptors (Lipinski definition) is 7. The number of nitrogens with zero attached hydrogens (tertiary/aromatic N) is 2. The molecule has 0 aliphatic rings. The molecule has 180 valence electrons. The van der Waals surface area contributed by atoms with Crippen LogP contribution >= 0.6 is 34.2 Å². The van der Waals surface area contributed by atoms with Crippen LogP contribution in [0.15, 0.2) is 65.8 Å². The van der Waals surface area contributed by atoms with Crippen molar-refractivity contribution in [3.05, 3.63) is 90.5 Å². The summed E-state index contributed by atoms with van der Waals surface area (Å²) in [6.07, 6.45) is 1.38. The Morgan fingerprint density at radius 1 is 1.17 bits per heavy atom. The summed E-state index contributed by atoms with van der Waals surface area (Å²) in [5.41, 5.74) is 3.28. The van der Waals surface area contributed by atoms with Gasteiger partial charge in [-0.15, -0.1) is 0 Å². The van der Waals surface area contributed by atoms with Gasteiger partial charge < -0.3 is 14.8 Å². The summed E-state index contributed by atoms with van der Waals surface area (Å²) >= 11 is 8.07. The van der Waals surface area contributed by atoms with Crippen LogP contribution in [0.1, 0.15) is 15.9 Å². The summed E-state index contributed by atoms with van der Waals surface area (Å²) in [5.74, 6) is -0.282. The topological polar surface area (TPSA) is 132 Å². The van der Waals surface area contributed by atoms with Crippen LogP contribution < -0.4 is 20.2 Å². The minimum absolute atomic E-state index is 0.0994. The molecule has 0 aromatic heterocycles. The standard InChI is InChI=1S/C23H18ClIN4O6/c1-34-20-10-14(12-26-28-23(31)15-5-4-6-16(11-15)29(32)33)9-18(25)22(20)35-13-21(30)27-19-8-3-2-7-17(19)24/h2-12H,13H2,1H3,(H,27,30)(H,28,31)/b26-12+. The maximum Gasteiger partial charge on any atom is 0.271 e. The van der Waals surface area contributed by atoms with Crippen molar-refractivity contribution in [2.75, 3.05) is 19.0 Å². The number of halogens is 2. The Labute approximate surface area is 218 Å². The van der Waals surface area contributed by atoms with Gasteiger partial charge in [0.1, 0.15) is 0 Å². The third-order valence-corrected chi connectivity index (χ3v) is 5.58. The lowest BCUT2D eigenvalue weighted by Gasteiger charge is -2.14. The minimum Gasteiger partial charge on any atom is -0.493 e. The fourth-order valence-electron chi connectivity index (χ4n) is 2.83. The third-order valence-electron chi connectivity index (χ3n) is 4.45. The first kappa shape index (κ1) is 25.9. The Morgan fingerprint density at radius 2 is 1.94 bits per heavy atom. The molecule has 10 nitrogen and oxygen atoms in total. The van der Waals surface area contributed by atoms with Gasteiger partial charge in [0.25, 0.3) is 17.5 Å². The van der Waals surface area contributed by atoms with E-state index in [-0.39, 0.29) is 17.9 Å². The molecule has 0 bridgehead atoms. The van der Waals surface area contributed by atoms with E-state index in [9.17, 15) is 19.7 Å². The van der Waals surface area contributed by atoms with Gasteiger partial charge in [-0.25, -0.2) is 5.43 Å². The van der Waals surface area contributed by atoms with Crippen molar-refractivity contribution in [2.45, 2.75) is 0 Å². The first-order valence-corrected chi connectivity index (χ1v) is 11.4. The summed E-state index contributed by atoms with van der Waals surface area (Å²) in [5, 5.41) is 17.8. The highest BCUT2D eigenvalue weighted by molar-refractivity contribution is 14.1. The monoisotopic (exact) mass is 608 g/mol. The van der Waals surface area contributed by atoms with Crippen molar-refractivity contribution in [1.82, 2.24) is 5.43 Å². The van der Waals surface area contributed by atoms with E-state index in [2.05, 4.69) is 15.8 Å². The number of hydrazone groups is 1. The molecule has 35 heavy (non-hydrogen) atoms. The van der Waals surface area contributed by atoms with Gasteiger partial charge in [0, 0.05) is 17.7 Å². The summed E-state index contributed by atoms with van der Waals surface area (Å²) in [7, 11) is 1.45. The zero-order valence-corrected chi connectivity index (χ0v) is 21.1. The van der Waals surface area contributed by atoms with Crippen LogP contribution in [0, 0.1) is 13.7 Å². The number of hydrogen-bond donors (Lipinski definition) is 2. The number of carbonyl (C=O) groups excluding carboxylic acids is 2. The number of carbonyl (C=O) groups is 2. The zero-order valence-electron chi connectivity index (χ0n) is 18.2. The van der Waals surface area contributed by atoms with Crippen LogP contribution in [0.25, 0.3) is 0 Å². The SMILES string of the molecule is COc1cc(/C=N/NC(=O)c2cccc([N+](=O)[O-])c2)cc(I)c1OCC(=O)Nc1ccccc1Cl. The highest BCUT2D eigenvalue weighted by atomic mass is 127. The molecule has 2 N–H and O–H groups in total. The van der Waals surface area contributed by atoms with Crippen LogP contribution in [0.4, 0.5) is 11.4 Å². The molecular weight excluding hydrogens is 591 g/mol. The summed E-state index contributed by atoms with van der Waals surface area (Å²) < 4.78 is 11.7.